The topological polar surface area (TPSA) is 61.3 Å². The summed E-state index contributed by atoms with van der Waals surface area (Å²) in [4.78, 5) is 21.2. The van der Waals surface area contributed by atoms with E-state index in [4.69, 9.17) is 9.47 Å². The Kier molecular flexibility index (Phi) is 12.5. The molecule has 0 aliphatic heterocycles. The van der Waals surface area contributed by atoms with Gasteiger partial charge in [0.1, 0.15) is 17.7 Å². The molecule has 216 valence electrons. The van der Waals surface area contributed by atoms with Gasteiger partial charge in [-0.3, -0.25) is 0 Å². The molecule has 3 aromatic rings. The van der Waals surface area contributed by atoms with Gasteiger partial charge in [0.2, 0.25) is 5.67 Å². The van der Waals surface area contributed by atoms with Crippen LogP contribution in [0.15, 0.2) is 60.9 Å². The number of hydrogen-bond acceptors (Lipinski definition) is 5. The predicted octanol–water partition coefficient (Wildman–Crippen LogP) is 9.10. The second kappa shape index (κ2) is 16.0. The van der Waals surface area contributed by atoms with Gasteiger partial charge in [-0.25, -0.2) is 23.5 Å². The van der Waals surface area contributed by atoms with Crippen molar-refractivity contribution in [3.8, 4) is 34.0 Å². The summed E-state index contributed by atoms with van der Waals surface area (Å²) < 4.78 is 39.4. The van der Waals surface area contributed by atoms with Crippen LogP contribution in [0.3, 0.4) is 0 Å². The Morgan fingerprint density at radius 3 is 2.00 bits per heavy atom. The Labute approximate surface area is 237 Å². The van der Waals surface area contributed by atoms with Gasteiger partial charge in [-0.1, -0.05) is 51.7 Å². The number of unbranched alkanes of at least 4 members (excludes halogenated alkanes) is 4. The molecule has 0 fully saturated rings. The molecule has 0 amide bonds. The first-order valence-corrected chi connectivity index (χ1v) is 14.5. The van der Waals surface area contributed by atoms with Gasteiger partial charge in [0.15, 0.2) is 5.82 Å². The smallest absolute Gasteiger partial charge is 0.348 e. The van der Waals surface area contributed by atoms with E-state index in [0.717, 1.165) is 61.0 Å². The summed E-state index contributed by atoms with van der Waals surface area (Å²) in [7, 11) is 0. The highest BCUT2D eigenvalue weighted by Gasteiger charge is 2.34. The Bertz CT molecular complexity index is 1150. The van der Waals surface area contributed by atoms with Gasteiger partial charge in [-0.2, -0.15) is 0 Å². The van der Waals surface area contributed by atoms with Gasteiger partial charge >= 0.3 is 5.97 Å². The van der Waals surface area contributed by atoms with Crippen molar-refractivity contribution in [3.05, 3.63) is 60.9 Å². The number of rotatable bonds is 17. The lowest BCUT2D eigenvalue weighted by Crippen LogP contribution is -2.34. The molecule has 0 radical (unpaired) electrons. The number of esters is 1. The number of alkyl halides is 2. The van der Waals surface area contributed by atoms with Gasteiger partial charge in [-0.15, -0.1) is 0 Å². The molecule has 1 heterocycles. The molecule has 2 atom stereocenters. The van der Waals surface area contributed by atoms with Crippen LogP contribution in [0.5, 0.6) is 11.5 Å². The Morgan fingerprint density at radius 2 is 1.38 bits per heavy atom. The van der Waals surface area contributed by atoms with Gasteiger partial charge < -0.3 is 9.47 Å². The highest BCUT2D eigenvalue weighted by Crippen LogP contribution is 2.26. The van der Waals surface area contributed by atoms with E-state index in [-0.39, 0.29) is 6.42 Å². The second-order valence-corrected chi connectivity index (χ2v) is 10.5. The third-order valence-electron chi connectivity index (χ3n) is 6.89. The second-order valence-electron chi connectivity index (χ2n) is 10.5. The van der Waals surface area contributed by atoms with E-state index < -0.39 is 17.8 Å². The molecular weight excluding hydrogens is 510 g/mol. The first kappa shape index (κ1) is 31.2. The van der Waals surface area contributed by atoms with Crippen LogP contribution in [-0.4, -0.2) is 34.4 Å². The van der Waals surface area contributed by atoms with Crippen molar-refractivity contribution in [2.45, 2.75) is 96.8 Å². The number of halogens is 2. The number of hydrogen-bond donors (Lipinski definition) is 0. The van der Waals surface area contributed by atoms with E-state index >= 15 is 0 Å². The molecule has 3 rings (SSSR count). The van der Waals surface area contributed by atoms with Crippen molar-refractivity contribution in [1.82, 2.24) is 9.97 Å². The summed E-state index contributed by atoms with van der Waals surface area (Å²) in [5.41, 5.74) is 0.520. The largest absolute Gasteiger partial charge is 0.494 e. The highest BCUT2D eigenvalue weighted by atomic mass is 19.1. The average molecular weight is 553 g/mol. The van der Waals surface area contributed by atoms with Crippen molar-refractivity contribution in [1.29, 1.82) is 0 Å². The Hall–Kier alpha value is -3.35. The van der Waals surface area contributed by atoms with E-state index in [1.54, 1.807) is 36.7 Å². The fourth-order valence-electron chi connectivity index (χ4n) is 4.28. The molecule has 40 heavy (non-hydrogen) atoms. The average Bonchev–Trinajstić information content (AvgIpc) is 2.97. The molecule has 0 N–H and O–H groups in total. The van der Waals surface area contributed by atoms with Crippen LogP contribution in [0.25, 0.3) is 22.5 Å². The summed E-state index contributed by atoms with van der Waals surface area (Å²) in [6.07, 6.45) is 10.5. The first-order chi connectivity index (χ1) is 19.3. The summed E-state index contributed by atoms with van der Waals surface area (Å²) in [5.74, 6) is 0.774. The van der Waals surface area contributed by atoms with Gasteiger partial charge in [-0.05, 0) is 87.4 Å². The molecule has 0 aliphatic carbocycles. The zero-order chi connectivity index (χ0) is 28.8. The van der Waals surface area contributed by atoms with Gasteiger partial charge in [0.05, 0.1) is 6.61 Å². The number of nitrogens with zero attached hydrogens (tertiary/aromatic N) is 2. The van der Waals surface area contributed by atoms with Crippen molar-refractivity contribution in [2.75, 3.05) is 6.61 Å². The number of ether oxygens (including phenoxy) is 2. The van der Waals surface area contributed by atoms with Crippen LogP contribution in [0, 0.1) is 0 Å². The quantitative estimate of drug-likeness (QED) is 0.0949. The van der Waals surface area contributed by atoms with Crippen LogP contribution >= 0.6 is 0 Å². The maximum absolute atomic E-state index is 14.5. The fraction of sp³-hybridized carbons (Fsp3) is 0.485. The number of carbonyl (C=O) groups excluding carboxylic acids is 1. The lowest BCUT2D eigenvalue weighted by Gasteiger charge is -2.18. The lowest BCUT2D eigenvalue weighted by molar-refractivity contribution is -0.147. The van der Waals surface area contributed by atoms with Crippen molar-refractivity contribution >= 4 is 5.97 Å². The molecule has 5 nitrogen and oxygen atoms in total. The third-order valence-corrected chi connectivity index (χ3v) is 6.89. The molecule has 7 heteroatoms. The molecule has 0 saturated carbocycles. The maximum atomic E-state index is 14.5. The lowest BCUT2D eigenvalue weighted by atomic mass is 10.0. The number of carbonyl (C=O) groups is 1. The standard InChI is InChI=1S/C33H42F2N2O3/c1-4-6-8-11-28(34)12-9-10-22-39-29-17-15-26(16-18-29)31-36-23-27(24-37-31)25-13-19-30(20-14-25)40-32(38)33(3,35)21-7-5-2/h13-20,23-24,28H,4-12,21-22H2,1-3H3/t28-,33-/m0/s1. The van der Waals surface area contributed by atoms with Gasteiger partial charge in [0, 0.05) is 23.5 Å². The molecule has 0 unspecified atom stereocenters. The fourth-order valence-corrected chi connectivity index (χ4v) is 4.28. The zero-order valence-electron chi connectivity index (χ0n) is 24.0. The molecule has 0 aliphatic rings. The molecule has 2 aromatic carbocycles. The highest BCUT2D eigenvalue weighted by molar-refractivity contribution is 5.81. The minimum Gasteiger partial charge on any atom is -0.494 e. The van der Waals surface area contributed by atoms with Crippen LogP contribution in [-0.2, 0) is 4.79 Å². The molecule has 0 spiro atoms. The van der Waals surface area contributed by atoms with Crippen LogP contribution in [0.2, 0.25) is 0 Å². The van der Waals surface area contributed by atoms with Crippen molar-refractivity contribution in [3.63, 3.8) is 0 Å². The zero-order valence-corrected chi connectivity index (χ0v) is 24.0. The maximum Gasteiger partial charge on any atom is 0.348 e. The van der Waals surface area contributed by atoms with Gasteiger partial charge in [0.25, 0.3) is 0 Å². The van der Waals surface area contributed by atoms with Crippen molar-refractivity contribution in [2.24, 2.45) is 0 Å². The third kappa shape index (κ3) is 10.00. The number of aromatic nitrogens is 2. The Morgan fingerprint density at radius 1 is 0.800 bits per heavy atom. The molecular formula is C33H42F2N2O3. The monoisotopic (exact) mass is 552 g/mol. The summed E-state index contributed by atoms with van der Waals surface area (Å²) >= 11 is 0. The normalized spacial score (nSPS) is 13.4. The van der Waals surface area contributed by atoms with E-state index in [2.05, 4.69) is 16.9 Å². The van der Waals surface area contributed by atoms with E-state index in [1.165, 1.54) is 6.92 Å². The molecule has 0 bridgehead atoms. The SMILES string of the molecule is CCCCC[C@H](F)CCCCOc1ccc(-c2ncc(-c3ccc(OC(=O)[C@@](C)(F)CCCC)cc3)cn2)cc1. The summed E-state index contributed by atoms with van der Waals surface area (Å²) in [5, 5.41) is 0. The van der Waals surface area contributed by atoms with E-state index in [9.17, 15) is 13.6 Å². The molecule has 0 saturated heterocycles. The number of benzene rings is 2. The summed E-state index contributed by atoms with van der Waals surface area (Å²) in [6.45, 7) is 5.91. The minimum atomic E-state index is -2.00. The Balaban J connectivity index is 1.46. The van der Waals surface area contributed by atoms with Crippen LogP contribution < -0.4 is 9.47 Å². The van der Waals surface area contributed by atoms with E-state index in [0.29, 0.717) is 37.4 Å². The van der Waals surface area contributed by atoms with Crippen LogP contribution in [0.1, 0.15) is 85.0 Å². The van der Waals surface area contributed by atoms with Crippen molar-refractivity contribution < 1.29 is 23.0 Å². The molecule has 1 aromatic heterocycles. The van der Waals surface area contributed by atoms with Crippen LogP contribution in [0.4, 0.5) is 8.78 Å². The summed E-state index contributed by atoms with van der Waals surface area (Å²) in [6, 6.07) is 14.5. The van der Waals surface area contributed by atoms with E-state index in [1.807, 2.05) is 31.2 Å². The predicted molar refractivity (Wildman–Crippen MR) is 156 cm³/mol. The first-order valence-electron chi connectivity index (χ1n) is 14.5. The minimum absolute atomic E-state index is 0.140.